The van der Waals surface area contributed by atoms with Gasteiger partial charge in [0.25, 0.3) is 0 Å². The van der Waals surface area contributed by atoms with Crippen molar-refractivity contribution >= 4 is 21.6 Å². The van der Waals surface area contributed by atoms with E-state index in [1.807, 2.05) is 12.1 Å². The van der Waals surface area contributed by atoms with E-state index in [9.17, 15) is 0 Å². The largest absolute Gasteiger partial charge is 0.495 e. The van der Waals surface area contributed by atoms with Gasteiger partial charge in [0.05, 0.1) is 12.8 Å². The average Bonchev–Trinajstić information content (AvgIpc) is 2.09. The number of rotatable bonds is 2. The molecule has 0 saturated heterocycles. The molecule has 66 valence electrons. The molecule has 1 aromatic rings. The van der Waals surface area contributed by atoms with Crippen LogP contribution in [0.3, 0.4) is 0 Å². The predicted molar refractivity (Wildman–Crippen MR) is 53.0 cm³/mol. The molecule has 3 nitrogen and oxygen atoms in total. The molecule has 0 bridgehead atoms. The first-order valence-electron chi connectivity index (χ1n) is 3.51. The number of halogens is 1. The van der Waals surface area contributed by atoms with Crippen molar-refractivity contribution in [1.82, 2.24) is 0 Å². The molecule has 0 spiro atoms. The molecule has 0 aromatic heterocycles. The van der Waals surface area contributed by atoms with Crippen molar-refractivity contribution in [2.45, 2.75) is 6.54 Å². The normalized spacial score (nSPS) is 9.92. The van der Waals surface area contributed by atoms with Gasteiger partial charge in [-0.2, -0.15) is 0 Å². The second kappa shape index (κ2) is 3.78. The number of hydrogen-bond donors (Lipinski definition) is 2. The van der Waals surface area contributed by atoms with Gasteiger partial charge in [-0.05, 0) is 33.6 Å². The molecule has 1 rings (SSSR count). The summed E-state index contributed by atoms with van der Waals surface area (Å²) in [5.41, 5.74) is 12.8. The molecule has 4 heteroatoms. The van der Waals surface area contributed by atoms with Crippen LogP contribution in [0.5, 0.6) is 5.75 Å². The van der Waals surface area contributed by atoms with Crippen molar-refractivity contribution in [3.63, 3.8) is 0 Å². The summed E-state index contributed by atoms with van der Waals surface area (Å²) in [4.78, 5) is 0. The number of hydrogen-bond acceptors (Lipinski definition) is 3. The lowest BCUT2D eigenvalue weighted by Gasteiger charge is -2.08. The minimum Gasteiger partial charge on any atom is -0.495 e. The van der Waals surface area contributed by atoms with Crippen molar-refractivity contribution in [2.75, 3.05) is 12.8 Å². The lowest BCUT2D eigenvalue weighted by Crippen LogP contribution is -2.00. The van der Waals surface area contributed by atoms with Gasteiger partial charge >= 0.3 is 0 Å². The van der Waals surface area contributed by atoms with E-state index in [0.717, 1.165) is 10.0 Å². The van der Waals surface area contributed by atoms with E-state index in [2.05, 4.69) is 15.9 Å². The highest BCUT2D eigenvalue weighted by Crippen LogP contribution is 2.30. The number of ether oxygens (including phenoxy) is 1. The Morgan fingerprint density at radius 1 is 1.50 bits per heavy atom. The topological polar surface area (TPSA) is 61.3 Å². The van der Waals surface area contributed by atoms with Gasteiger partial charge in [-0.15, -0.1) is 0 Å². The maximum atomic E-state index is 5.70. The molecule has 0 fully saturated rings. The Kier molecular flexibility index (Phi) is 2.94. The first-order chi connectivity index (χ1) is 5.69. The molecule has 0 aliphatic carbocycles. The van der Waals surface area contributed by atoms with E-state index in [1.54, 1.807) is 7.11 Å². The summed E-state index contributed by atoms with van der Waals surface area (Å²) in [6.07, 6.45) is 0. The molecular weight excluding hydrogens is 220 g/mol. The van der Waals surface area contributed by atoms with Crippen LogP contribution in [0.2, 0.25) is 0 Å². The Morgan fingerprint density at radius 2 is 2.17 bits per heavy atom. The van der Waals surface area contributed by atoms with Crippen molar-refractivity contribution in [2.24, 2.45) is 5.73 Å². The van der Waals surface area contributed by atoms with Gasteiger partial charge in [0.15, 0.2) is 0 Å². The van der Waals surface area contributed by atoms with Crippen LogP contribution in [-0.4, -0.2) is 7.11 Å². The van der Waals surface area contributed by atoms with Crippen LogP contribution in [0.4, 0.5) is 5.69 Å². The number of benzene rings is 1. The van der Waals surface area contributed by atoms with E-state index >= 15 is 0 Å². The first kappa shape index (κ1) is 9.35. The zero-order valence-corrected chi connectivity index (χ0v) is 8.39. The highest BCUT2D eigenvalue weighted by molar-refractivity contribution is 9.10. The fraction of sp³-hybridized carbons (Fsp3) is 0.250. The Balaban J connectivity index is 3.19. The minimum atomic E-state index is 0.481. The lowest BCUT2D eigenvalue weighted by atomic mass is 10.2. The first-order valence-corrected chi connectivity index (χ1v) is 4.30. The predicted octanol–water partition coefficient (Wildman–Crippen LogP) is 1.50. The van der Waals surface area contributed by atoms with Crippen LogP contribution in [-0.2, 0) is 6.54 Å². The zero-order valence-electron chi connectivity index (χ0n) is 6.80. The molecule has 4 N–H and O–H groups in total. The summed E-state index contributed by atoms with van der Waals surface area (Å²) in [6, 6.07) is 3.72. The van der Waals surface area contributed by atoms with Gasteiger partial charge in [-0.25, -0.2) is 0 Å². The third-order valence-electron chi connectivity index (χ3n) is 1.61. The maximum Gasteiger partial charge on any atom is 0.143 e. The van der Waals surface area contributed by atoms with Crippen LogP contribution >= 0.6 is 15.9 Å². The third-order valence-corrected chi connectivity index (χ3v) is 2.26. The Bertz CT molecular complexity index is 289. The van der Waals surface area contributed by atoms with Gasteiger partial charge < -0.3 is 16.2 Å². The number of nitrogen functional groups attached to an aromatic ring is 1. The van der Waals surface area contributed by atoms with Crippen LogP contribution in [0.25, 0.3) is 0 Å². The van der Waals surface area contributed by atoms with Gasteiger partial charge in [0.2, 0.25) is 0 Å². The monoisotopic (exact) mass is 230 g/mol. The number of nitrogens with two attached hydrogens (primary N) is 2. The second-order valence-electron chi connectivity index (χ2n) is 2.40. The molecule has 0 amide bonds. The molecule has 0 unspecified atom stereocenters. The summed E-state index contributed by atoms with van der Waals surface area (Å²) < 4.78 is 5.88. The molecule has 0 heterocycles. The van der Waals surface area contributed by atoms with E-state index in [-0.39, 0.29) is 0 Å². The molecule has 0 radical (unpaired) electrons. The third kappa shape index (κ3) is 1.70. The average molecular weight is 231 g/mol. The Morgan fingerprint density at radius 3 is 2.67 bits per heavy atom. The lowest BCUT2D eigenvalue weighted by molar-refractivity contribution is 0.416. The second-order valence-corrected chi connectivity index (χ2v) is 3.25. The molecule has 0 atom stereocenters. The van der Waals surface area contributed by atoms with Crippen LogP contribution in [0.15, 0.2) is 16.6 Å². The van der Waals surface area contributed by atoms with E-state index < -0.39 is 0 Å². The highest BCUT2D eigenvalue weighted by atomic mass is 79.9. The van der Waals surface area contributed by atoms with Gasteiger partial charge in [-0.3, -0.25) is 0 Å². The number of methoxy groups -OCH3 is 1. The quantitative estimate of drug-likeness (QED) is 0.758. The SMILES string of the molecule is COc1cc(CN)cc(Br)c1N. The van der Waals surface area contributed by atoms with Crippen molar-refractivity contribution in [1.29, 1.82) is 0 Å². The van der Waals surface area contributed by atoms with Crippen molar-refractivity contribution < 1.29 is 4.74 Å². The van der Waals surface area contributed by atoms with Gasteiger partial charge in [0.1, 0.15) is 5.75 Å². The summed E-state index contributed by atoms with van der Waals surface area (Å²) in [5.74, 6) is 0.657. The van der Waals surface area contributed by atoms with Crippen LogP contribution in [0, 0.1) is 0 Å². The zero-order chi connectivity index (χ0) is 9.14. The van der Waals surface area contributed by atoms with Crippen molar-refractivity contribution in [3.05, 3.63) is 22.2 Å². The minimum absolute atomic E-state index is 0.481. The highest BCUT2D eigenvalue weighted by Gasteiger charge is 2.04. The standard InChI is InChI=1S/C8H11BrN2O/c1-12-7-3-5(4-10)2-6(9)8(7)11/h2-3H,4,10-11H2,1H3. The Labute approximate surface area is 79.8 Å². The summed E-state index contributed by atoms with van der Waals surface area (Å²) >= 11 is 3.32. The molecule has 0 aliphatic rings. The molecular formula is C8H11BrN2O. The molecule has 0 aliphatic heterocycles. The fourth-order valence-electron chi connectivity index (χ4n) is 0.933. The van der Waals surface area contributed by atoms with E-state index in [4.69, 9.17) is 16.2 Å². The van der Waals surface area contributed by atoms with Gasteiger partial charge in [-0.1, -0.05) is 0 Å². The number of anilines is 1. The molecule has 12 heavy (non-hydrogen) atoms. The summed E-state index contributed by atoms with van der Waals surface area (Å²) in [5, 5.41) is 0. The maximum absolute atomic E-state index is 5.70. The van der Waals surface area contributed by atoms with E-state index in [0.29, 0.717) is 18.0 Å². The molecule has 1 aromatic carbocycles. The van der Waals surface area contributed by atoms with Crippen LogP contribution in [0.1, 0.15) is 5.56 Å². The summed E-state index contributed by atoms with van der Waals surface area (Å²) in [6.45, 7) is 0.481. The summed E-state index contributed by atoms with van der Waals surface area (Å²) in [7, 11) is 1.58. The molecule has 0 saturated carbocycles. The smallest absolute Gasteiger partial charge is 0.143 e. The Hall–Kier alpha value is -0.740. The van der Waals surface area contributed by atoms with Gasteiger partial charge in [0, 0.05) is 11.0 Å². The van der Waals surface area contributed by atoms with Crippen LogP contribution < -0.4 is 16.2 Å². The fourth-order valence-corrected chi connectivity index (χ4v) is 1.42. The van der Waals surface area contributed by atoms with Crippen molar-refractivity contribution in [3.8, 4) is 5.75 Å². The van der Waals surface area contributed by atoms with E-state index in [1.165, 1.54) is 0 Å².